The van der Waals surface area contributed by atoms with Crippen molar-refractivity contribution in [2.75, 3.05) is 37.5 Å². The summed E-state index contributed by atoms with van der Waals surface area (Å²) < 4.78 is 5.28. The molecule has 0 saturated carbocycles. The van der Waals surface area contributed by atoms with E-state index in [9.17, 15) is 9.59 Å². The molecule has 0 bridgehead atoms. The van der Waals surface area contributed by atoms with Gasteiger partial charge in [-0.1, -0.05) is 18.2 Å². The van der Waals surface area contributed by atoms with Gasteiger partial charge in [0.2, 0.25) is 11.8 Å². The molecular weight excluding hydrogens is 330 g/mol. The first-order valence-electron chi connectivity index (χ1n) is 8.36. The quantitative estimate of drug-likeness (QED) is 0.829. The zero-order valence-electron chi connectivity index (χ0n) is 15.7. The molecule has 1 N–H and O–H groups in total. The number of para-hydroxylation sites is 1. The first-order chi connectivity index (χ1) is 12.4. The van der Waals surface area contributed by atoms with E-state index < -0.39 is 0 Å². The van der Waals surface area contributed by atoms with Gasteiger partial charge in [-0.15, -0.1) is 0 Å². The number of hydrogen-bond donors (Lipinski definition) is 1. The lowest BCUT2D eigenvalue weighted by molar-refractivity contribution is -0.123. The molecule has 0 atom stereocenters. The zero-order chi connectivity index (χ0) is 19.1. The van der Waals surface area contributed by atoms with Crippen LogP contribution in [0.3, 0.4) is 0 Å². The van der Waals surface area contributed by atoms with Gasteiger partial charge in [-0.05, 0) is 30.3 Å². The molecule has 2 rings (SSSR count). The number of benzene rings is 2. The van der Waals surface area contributed by atoms with E-state index in [-0.39, 0.29) is 18.4 Å². The summed E-state index contributed by atoms with van der Waals surface area (Å²) in [6.45, 7) is 1.76. The van der Waals surface area contributed by atoms with Crippen LogP contribution in [0.25, 0.3) is 0 Å². The number of nitrogens with one attached hydrogen (secondary N) is 1. The van der Waals surface area contributed by atoms with E-state index in [0.717, 1.165) is 17.0 Å². The summed E-state index contributed by atoms with van der Waals surface area (Å²) in [5.74, 6) is 0.299. The number of carbonyl (C=O) groups is 2. The third kappa shape index (κ3) is 4.99. The van der Waals surface area contributed by atoms with Crippen LogP contribution in [0.2, 0.25) is 0 Å². The van der Waals surface area contributed by atoms with Crippen molar-refractivity contribution < 1.29 is 14.3 Å². The van der Waals surface area contributed by atoms with Crippen LogP contribution in [0.1, 0.15) is 12.5 Å². The maximum Gasteiger partial charge on any atom is 0.240 e. The van der Waals surface area contributed by atoms with Gasteiger partial charge in [0.25, 0.3) is 0 Å². The number of anilines is 2. The van der Waals surface area contributed by atoms with Crippen molar-refractivity contribution in [3.8, 4) is 5.75 Å². The normalized spacial score (nSPS) is 10.2. The molecule has 0 heterocycles. The molecule has 0 aromatic heterocycles. The second kappa shape index (κ2) is 8.89. The minimum Gasteiger partial charge on any atom is -0.496 e. The van der Waals surface area contributed by atoms with Crippen LogP contribution in [0.15, 0.2) is 48.5 Å². The Labute approximate surface area is 154 Å². The lowest BCUT2D eigenvalue weighted by Gasteiger charge is -2.22. The summed E-state index contributed by atoms with van der Waals surface area (Å²) in [5.41, 5.74) is 2.60. The standard InChI is InChI=1S/C20H25N3O3/c1-15(24)23(18-11-9-17(10-12-18)22(2)3)14-20(25)21-13-16-7-5-6-8-19(16)26-4/h5-12H,13-14H2,1-4H3,(H,21,25). The average Bonchev–Trinajstić information content (AvgIpc) is 2.64. The predicted molar refractivity (Wildman–Crippen MR) is 104 cm³/mol. The van der Waals surface area contributed by atoms with Crippen LogP contribution in [0.5, 0.6) is 5.75 Å². The fraction of sp³-hybridized carbons (Fsp3) is 0.300. The first kappa shape index (κ1) is 19.3. The highest BCUT2D eigenvalue weighted by molar-refractivity contribution is 5.97. The Kier molecular flexibility index (Phi) is 6.60. The van der Waals surface area contributed by atoms with Gasteiger partial charge >= 0.3 is 0 Å². The fourth-order valence-corrected chi connectivity index (χ4v) is 2.56. The molecule has 0 fully saturated rings. The van der Waals surface area contributed by atoms with Crippen molar-refractivity contribution in [3.63, 3.8) is 0 Å². The molecular formula is C20H25N3O3. The first-order valence-corrected chi connectivity index (χ1v) is 8.36. The van der Waals surface area contributed by atoms with Gasteiger partial charge in [0.05, 0.1) is 7.11 Å². The topological polar surface area (TPSA) is 61.9 Å². The van der Waals surface area contributed by atoms with Gasteiger partial charge in [0.1, 0.15) is 12.3 Å². The van der Waals surface area contributed by atoms with E-state index in [2.05, 4.69) is 5.32 Å². The van der Waals surface area contributed by atoms with Crippen LogP contribution in [0.4, 0.5) is 11.4 Å². The highest BCUT2D eigenvalue weighted by Gasteiger charge is 2.16. The number of carbonyl (C=O) groups excluding carboxylic acids is 2. The molecule has 0 aliphatic heterocycles. The molecule has 0 unspecified atom stereocenters. The van der Waals surface area contributed by atoms with Crippen molar-refractivity contribution in [1.82, 2.24) is 5.32 Å². The Morgan fingerprint density at radius 1 is 1.00 bits per heavy atom. The lowest BCUT2D eigenvalue weighted by atomic mass is 10.2. The molecule has 6 heteroatoms. The van der Waals surface area contributed by atoms with E-state index in [1.54, 1.807) is 7.11 Å². The number of hydrogen-bond acceptors (Lipinski definition) is 4. The molecule has 2 amide bonds. The van der Waals surface area contributed by atoms with E-state index in [1.165, 1.54) is 11.8 Å². The number of amides is 2. The molecule has 0 radical (unpaired) electrons. The number of rotatable bonds is 7. The van der Waals surface area contributed by atoms with E-state index in [4.69, 9.17) is 4.74 Å². The van der Waals surface area contributed by atoms with Crippen molar-refractivity contribution in [2.24, 2.45) is 0 Å². The minimum absolute atomic E-state index is 0.0359. The monoisotopic (exact) mass is 355 g/mol. The number of methoxy groups -OCH3 is 1. The van der Waals surface area contributed by atoms with Crippen LogP contribution in [-0.4, -0.2) is 39.6 Å². The number of ether oxygens (including phenoxy) is 1. The highest BCUT2D eigenvalue weighted by atomic mass is 16.5. The van der Waals surface area contributed by atoms with Crippen LogP contribution in [0, 0.1) is 0 Å². The SMILES string of the molecule is COc1ccccc1CNC(=O)CN(C(C)=O)c1ccc(N(C)C)cc1. The second-order valence-electron chi connectivity index (χ2n) is 6.10. The van der Waals surface area contributed by atoms with Crippen LogP contribution in [-0.2, 0) is 16.1 Å². The summed E-state index contributed by atoms with van der Waals surface area (Å²) in [7, 11) is 5.49. The minimum atomic E-state index is -0.234. The predicted octanol–water partition coefficient (Wildman–Crippen LogP) is 2.43. The van der Waals surface area contributed by atoms with Crippen LogP contribution < -0.4 is 19.9 Å². The lowest BCUT2D eigenvalue weighted by Crippen LogP contribution is -2.39. The smallest absolute Gasteiger partial charge is 0.240 e. The van der Waals surface area contributed by atoms with E-state index >= 15 is 0 Å². The Bertz CT molecular complexity index is 757. The van der Waals surface area contributed by atoms with Crippen molar-refractivity contribution in [3.05, 3.63) is 54.1 Å². The van der Waals surface area contributed by atoms with Gasteiger partial charge in [0.15, 0.2) is 0 Å². The molecule has 0 aliphatic rings. The molecule has 2 aromatic carbocycles. The fourth-order valence-electron chi connectivity index (χ4n) is 2.56. The van der Waals surface area contributed by atoms with Gasteiger partial charge < -0.3 is 19.9 Å². The maximum atomic E-state index is 12.3. The zero-order valence-corrected chi connectivity index (χ0v) is 15.7. The van der Waals surface area contributed by atoms with Gasteiger partial charge in [-0.2, -0.15) is 0 Å². The third-order valence-corrected chi connectivity index (χ3v) is 4.03. The average molecular weight is 355 g/mol. The molecule has 138 valence electrons. The Hall–Kier alpha value is -3.02. The summed E-state index contributed by atoms with van der Waals surface area (Å²) in [5, 5.41) is 2.84. The summed E-state index contributed by atoms with van der Waals surface area (Å²) >= 11 is 0. The summed E-state index contributed by atoms with van der Waals surface area (Å²) in [4.78, 5) is 27.7. The summed E-state index contributed by atoms with van der Waals surface area (Å²) in [6, 6.07) is 15.0. The van der Waals surface area contributed by atoms with Crippen molar-refractivity contribution >= 4 is 23.2 Å². The molecule has 0 spiro atoms. The Morgan fingerprint density at radius 3 is 2.19 bits per heavy atom. The molecule has 2 aromatic rings. The second-order valence-corrected chi connectivity index (χ2v) is 6.10. The largest absolute Gasteiger partial charge is 0.496 e. The molecule has 0 saturated heterocycles. The van der Waals surface area contributed by atoms with E-state index in [1.807, 2.05) is 67.5 Å². The molecule has 6 nitrogen and oxygen atoms in total. The molecule has 0 aliphatic carbocycles. The van der Waals surface area contributed by atoms with E-state index in [0.29, 0.717) is 12.2 Å². The van der Waals surface area contributed by atoms with Crippen molar-refractivity contribution in [2.45, 2.75) is 13.5 Å². The van der Waals surface area contributed by atoms with Crippen molar-refractivity contribution in [1.29, 1.82) is 0 Å². The van der Waals surface area contributed by atoms with Gasteiger partial charge in [-0.3, -0.25) is 9.59 Å². The highest BCUT2D eigenvalue weighted by Crippen LogP contribution is 2.20. The summed E-state index contributed by atoms with van der Waals surface area (Å²) in [6.07, 6.45) is 0. The Balaban J connectivity index is 2.02. The molecule has 26 heavy (non-hydrogen) atoms. The number of nitrogens with zero attached hydrogens (tertiary/aromatic N) is 2. The van der Waals surface area contributed by atoms with Gasteiger partial charge in [0, 0.05) is 44.5 Å². The third-order valence-electron chi connectivity index (χ3n) is 4.03. The van der Waals surface area contributed by atoms with Gasteiger partial charge in [-0.25, -0.2) is 0 Å². The Morgan fingerprint density at radius 2 is 1.62 bits per heavy atom. The maximum absolute atomic E-state index is 12.3. The van der Waals surface area contributed by atoms with Crippen LogP contribution >= 0.6 is 0 Å².